The first kappa shape index (κ1) is 18.1. The summed E-state index contributed by atoms with van der Waals surface area (Å²) in [5, 5.41) is 0. The van der Waals surface area contributed by atoms with Crippen molar-refractivity contribution in [3.63, 3.8) is 0 Å². The van der Waals surface area contributed by atoms with Gasteiger partial charge in [0.2, 0.25) is 0 Å². The smallest absolute Gasteiger partial charge is 0.195 e. The van der Waals surface area contributed by atoms with Gasteiger partial charge < -0.3 is 15.2 Å². The van der Waals surface area contributed by atoms with Gasteiger partial charge in [0, 0.05) is 11.1 Å². The summed E-state index contributed by atoms with van der Waals surface area (Å²) in [4.78, 5) is 0. The average molecular weight is 339 g/mol. The van der Waals surface area contributed by atoms with Gasteiger partial charge in [-0.2, -0.15) is 0 Å². The van der Waals surface area contributed by atoms with E-state index < -0.39 is 17.5 Å². The highest BCUT2D eigenvalue weighted by atomic mass is 19.2. The zero-order valence-electron chi connectivity index (χ0n) is 13.8. The molecule has 0 heterocycles. The highest BCUT2D eigenvalue weighted by Gasteiger charge is 2.22. The fraction of sp³-hybridized carbons (Fsp3) is 0.333. The van der Waals surface area contributed by atoms with Crippen LogP contribution in [0.5, 0.6) is 11.5 Å². The van der Waals surface area contributed by atoms with Gasteiger partial charge >= 0.3 is 0 Å². The third-order valence-corrected chi connectivity index (χ3v) is 4.00. The molecule has 1 atom stereocenters. The number of nitrogens with two attached hydrogens (primary N) is 1. The number of hydrogen-bond acceptors (Lipinski definition) is 3. The highest BCUT2D eigenvalue weighted by molar-refractivity contribution is 5.75. The van der Waals surface area contributed by atoms with Crippen LogP contribution in [0.1, 0.15) is 24.8 Å². The summed E-state index contributed by atoms with van der Waals surface area (Å²) in [6.45, 7) is 2.46. The zero-order chi connectivity index (χ0) is 17.9. The topological polar surface area (TPSA) is 44.5 Å². The second kappa shape index (κ2) is 7.57. The Bertz CT molecular complexity index is 735. The summed E-state index contributed by atoms with van der Waals surface area (Å²) in [5.74, 6) is -3.30. The third-order valence-electron chi connectivity index (χ3n) is 4.00. The van der Waals surface area contributed by atoms with Crippen molar-refractivity contribution in [3.8, 4) is 22.6 Å². The van der Waals surface area contributed by atoms with E-state index in [2.05, 4.69) is 0 Å². The Kier molecular flexibility index (Phi) is 5.72. The van der Waals surface area contributed by atoms with Gasteiger partial charge in [0.05, 0.1) is 14.2 Å². The predicted octanol–water partition coefficient (Wildman–Crippen LogP) is 4.24. The molecule has 0 aromatic heterocycles. The van der Waals surface area contributed by atoms with Gasteiger partial charge in [-0.15, -0.1) is 0 Å². The first-order chi connectivity index (χ1) is 11.4. The molecule has 0 radical (unpaired) electrons. The molecule has 3 nitrogen and oxygen atoms in total. The SMILES string of the molecule is COc1cc(C(C)CCN)cc(-c2ccc(F)c(F)c2F)c1OC. The quantitative estimate of drug-likeness (QED) is 0.801. The van der Waals surface area contributed by atoms with Gasteiger partial charge in [-0.1, -0.05) is 6.92 Å². The van der Waals surface area contributed by atoms with E-state index in [4.69, 9.17) is 15.2 Å². The van der Waals surface area contributed by atoms with Crippen molar-refractivity contribution in [2.24, 2.45) is 5.73 Å². The Morgan fingerprint density at radius 1 is 1.00 bits per heavy atom. The van der Waals surface area contributed by atoms with Crippen LogP contribution in [0, 0.1) is 17.5 Å². The van der Waals surface area contributed by atoms with E-state index in [9.17, 15) is 13.2 Å². The summed E-state index contributed by atoms with van der Waals surface area (Å²) >= 11 is 0. The monoisotopic (exact) mass is 339 g/mol. The molecule has 0 aliphatic heterocycles. The maximum atomic E-state index is 14.2. The molecule has 6 heteroatoms. The second-order valence-electron chi connectivity index (χ2n) is 5.51. The van der Waals surface area contributed by atoms with Crippen molar-refractivity contribution in [1.82, 2.24) is 0 Å². The molecule has 0 bridgehead atoms. The molecule has 0 spiro atoms. The summed E-state index contributed by atoms with van der Waals surface area (Å²) in [7, 11) is 2.86. The van der Waals surface area contributed by atoms with E-state index in [0.717, 1.165) is 18.1 Å². The van der Waals surface area contributed by atoms with Crippen LogP contribution < -0.4 is 15.2 Å². The van der Waals surface area contributed by atoms with E-state index in [1.165, 1.54) is 20.3 Å². The average Bonchev–Trinajstić information content (AvgIpc) is 2.58. The van der Waals surface area contributed by atoms with E-state index in [-0.39, 0.29) is 17.2 Å². The molecule has 2 aromatic carbocycles. The van der Waals surface area contributed by atoms with Crippen LogP contribution in [0.3, 0.4) is 0 Å². The Morgan fingerprint density at radius 2 is 1.71 bits per heavy atom. The van der Waals surface area contributed by atoms with E-state index in [0.29, 0.717) is 17.9 Å². The minimum atomic E-state index is -1.52. The Hall–Kier alpha value is -2.21. The molecule has 2 aromatic rings. The van der Waals surface area contributed by atoms with Crippen LogP contribution >= 0.6 is 0 Å². The molecule has 0 aliphatic rings. The van der Waals surface area contributed by atoms with Gasteiger partial charge in [0.15, 0.2) is 29.0 Å². The Morgan fingerprint density at radius 3 is 2.29 bits per heavy atom. The van der Waals surface area contributed by atoms with Crippen LogP contribution in [-0.2, 0) is 0 Å². The Balaban J connectivity index is 2.71. The molecular formula is C18H20F3NO2. The van der Waals surface area contributed by atoms with E-state index in [1.54, 1.807) is 12.1 Å². The van der Waals surface area contributed by atoms with Gasteiger partial charge in [-0.25, -0.2) is 13.2 Å². The second-order valence-corrected chi connectivity index (χ2v) is 5.51. The summed E-state index contributed by atoms with van der Waals surface area (Å²) in [5.41, 5.74) is 6.65. The molecular weight excluding hydrogens is 319 g/mol. The number of hydrogen-bond donors (Lipinski definition) is 1. The molecule has 130 valence electrons. The van der Waals surface area contributed by atoms with Crippen LogP contribution in [0.15, 0.2) is 24.3 Å². The van der Waals surface area contributed by atoms with Crippen LogP contribution in [0.25, 0.3) is 11.1 Å². The van der Waals surface area contributed by atoms with Crippen LogP contribution in [0.2, 0.25) is 0 Å². The van der Waals surface area contributed by atoms with Crippen LogP contribution in [-0.4, -0.2) is 20.8 Å². The maximum absolute atomic E-state index is 14.2. The van der Waals surface area contributed by atoms with Crippen molar-refractivity contribution in [3.05, 3.63) is 47.3 Å². The molecule has 24 heavy (non-hydrogen) atoms. The number of halogens is 3. The normalized spacial score (nSPS) is 12.1. The molecule has 0 aliphatic carbocycles. The molecule has 0 amide bonds. The predicted molar refractivity (Wildman–Crippen MR) is 86.9 cm³/mol. The van der Waals surface area contributed by atoms with Gasteiger partial charge in [0.1, 0.15) is 0 Å². The third kappa shape index (κ3) is 3.33. The van der Waals surface area contributed by atoms with Gasteiger partial charge in [-0.05, 0) is 48.7 Å². The largest absolute Gasteiger partial charge is 0.493 e. The lowest BCUT2D eigenvalue weighted by atomic mass is 9.92. The molecule has 1 unspecified atom stereocenters. The molecule has 0 fully saturated rings. The van der Waals surface area contributed by atoms with Crippen molar-refractivity contribution < 1.29 is 22.6 Å². The number of ether oxygens (including phenoxy) is 2. The lowest BCUT2D eigenvalue weighted by Crippen LogP contribution is -2.06. The lowest BCUT2D eigenvalue weighted by molar-refractivity contribution is 0.355. The molecule has 2 N–H and O–H groups in total. The van der Waals surface area contributed by atoms with E-state index in [1.807, 2.05) is 6.92 Å². The molecule has 0 saturated heterocycles. The number of rotatable bonds is 6. The highest BCUT2D eigenvalue weighted by Crippen LogP contribution is 2.42. The van der Waals surface area contributed by atoms with Crippen molar-refractivity contribution in [2.75, 3.05) is 20.8 Å². The lowest BCUT2D eigenvalue weighted by Gasteiger charge is -2.19. The fourth-order valence-corrected chi connectivity index (χ4v) is 2.62. The fourth-order valence-electron chi connectivity index (χ4n) is 2.62. The van der Waals surface area contributed by atoms with Crippen molar-refractivity contribution in [1.29, 1.82) is 0 Å². The molecule has 0 saturated carbocycles. The summed E-state index contributed by atoms with van der Waals surface area (Å²) < 4.78 is 51.7. The Labute approximate surface area is 139 Å². The standard InChI is InChI=1S/C18H20F3NO2/c1-10(6-7-22)11-8-13(18(24-3)15(9-11)23-2)12-4-5-14(19)17(21)16(12)20/h4-5,8-10H,6-7,22H2,1-3H3. The maximum Gasteiger partial charge on any atom is 0.195 e. The zero-order valence-corrected chi connectivity index (χ0v) is 13.8. The van der Waals surface area contributed by atoms with Gasteiger partial charge in [-0.3, -0.25) is 0 Å². The van der Waals surface area contributed by atoms with E-state index >= 15 is 0 Å². The minimum Gasteiger partial charge on any atom is -0.493 e. The van der Waals surface area contributed by atoms with Gasteiger partial charge in [0.25, 0.3) is 0 Å². The first-order valence-electron chi connectivity index (χ1n) is 7.54. The minimum absolute atomic E-state index is 0.0851. The summed E-state index contributed by atoms with van der Waals surface area (Å²) in [6.07, 6.45) is 0.717. The van der Waals surface area contributed by atoms with Crippen molar-refractivity contribution >= 4 is 0 Å². The summed E-state index contributed by atoms with van der Waals surface area (Å²) in [6, 6.07) is 5.54. The number of benzene rings is 2. The first-order valence-corrected chi connectivity index (χ1v) is 7.54. The molecule has 2 rings (SSSR count). The van der Waals surface area contributed by atoms with Crippen molar-refractivity contribution in [2.45, 2.75) is 19.3 Å². The number of methoxy groups -OCH3 is 2. The van der Waals surface area contributed by atoms with Crippen LogP contribution in [0.4, 0.5) is 13.2 Å².